The molecule has 0 spiro atoms. The maximum absolute atomic E-state index is 16.8. The van der Waals surface area contributed by atoms with Crippen LogP contribution in [0.1, 0.15) is 24.8 Å². The zero-order valence-corrected chi connectivity index (χ0v) is 22.5. The lowest BCUT2D eigenvalue weighted by Gasteiger charge is -2.41. The van der Waals surface area contributed by atoms with Crippen molar-refractivity contribution in [3.63, 3.8) is 0 Å². The number of allylic oxidation sites excluding steroid dienone is 4. The van der Waals surface area contributed by atoms with Gasteiger partial charge in [0.05, 0.1) is 0 Å². The smallest absolute Gasteiger partial charge is 0.158 e. The highest BCUT2D eigenvalue weighted by molar-refractivity contribution is 7.02. The second kappa shape index (κ2) is 10.3. The van der Waals surface area contributed by atoms with Crippen LogP contribution in [-0.2, 0) is 5.67 Å². The first-order valence-electron chi connectivity index (χ1n) is 13.6. The second-order valence-corrected chi connectivity index (χ2v) is 15.1. The minimum absolute atomic E-state index is 0.294. The van der Waals surface area contributed by atoms with Crippen LogP contribution in [0.15, 0.2) is 133 Å². The minimum atomic E-state index is -1.88. The average Bonchev–Trinajstić information content (AvgIpc) is 2.98. The molecule has 190 valence electrons. The second-order valence-electron chi connectivity index (χ2n) is 10.8. The van der Waals surface area contributed by atoms with E-state index in [9.17, 15) is 4.39 Å². The molecule has 1 heterocycles. The summed E-state index contributed by atoms with van der Waals surface area (Å²) in [6, 6.07) is 38.4. The first kappa shape index (κ1) is 24.8. The van der Waals surface area contributed by atoms with Gasteiger partial charge >= 0.3 is 0 Å². The van der Waals surface area contributed by atoms with E-state index in [-0.39, 0.29) is 5.82 Å². The first-order chi connectivity index (χ1) is 18.6. The predicted molar refractivity (Wildman–Crippen MR) is 157 cm³/mol. The van der Waals surface area contributed by atoms with Crippen LogP contribution in [0.3, 0.4) is 0 Å². The number of rotatable bonds is 5. The van der Waals surface area contributed by atoms with E-state index in [4.69, 9.17) is 0 Å². The molecule has 3 heteroatoms. The Balaban J connectivity index is 1.31. The summed E-state index contributed by atoms with van der Waals surface area (Å²) in [7, 11) is -1.88. The number of halogens is 2. The summed E-state index contributed by atoms with van der Waals surface area (Å²) in [5.41, 5.74) is 1.57. The summed E-state index contributed by atoms with van der Waals surface area (Å²) in [6.07, 6.45) is 8.43. The molecule has 1 unspecified atom stereocenters. The molecule has 4 aromatic carbocycles. The van der Waals surface area contributed by atoms with Crippen molar-refractivity contribution >= 4 is 18.4 Å². The van der Waals surface area contributed by atoms with Crippen LogP contribution in [0.5, 0.6) is 0 Å². The molecule has 0 aromatic heterocycles. The lowest BCUT2D eigenvalue weighted by Crippen LogP contribution is -2.59. The van der Waals surface area contributed by atoms with Gasteiger partial charge in [0.1, 0.15) is 13.9 Å². The van der Waals surface area contributed by atoms with Crippen molar-refractivity contribution < 1.29 is 8.78 Å². The summed E-state index contributed by atoms with van der Waals surface area (Å²) in [4.78, 5) is 0. The van der Waals surface area contributed by atoms with Crippen molar-refractivity contribution in [2.45, 2.75) is 37.0 Å². The molecule has 0 bridgehead atoms. The van der Waals surface area contributed by atoms with Gasteiger partial charge in [-0.3, -0.25) is 0 Å². The van der Waals surface area contributed by atoms with Gasteiger partial charge in [0.2, 0.25) is 0 Å². The molecular formula is C35H32F2Si. The lowest BCUT2D eigenvalue weighted by molar-refractivity contribution is 0.233. The summed E-state index contributed by atoms with van der Waals surface area (Å²) in [5.74, 6) is 0.0349. The summed E-state index contributed by atoms with van der Waals surface area (Å²) in [6.45, 7) is 0. The number of hydrogen-bond donors (Lipinski definition) is 0. The van der Waals surface area contributed by atoms with Crippen molar-refractivity contribution in [2.75, 3.05) is 0 Å². The molecule has 1 fully saturated rings. The Morgan fingerprint density at radius 1 is 0.711 bits per heavy atom. The summed E-state index contributed by atoms with van der Waals surface area (Å²) < 4.78 is 30.8. The monoisotopic (exact) mass is 518 g/mol. The molecule has 1 aliphatic carbocycles. The number of alkyl halides is 1. The fourth-order valence-electron chi connectivity index (χ4n) is 6.63. The van der Waals surface area contributed by atoms with Crippen LogP contribution >= 0.6 is 0 Å². The Bertz CT molecular complexity index is 1420. The molecule has 1 atom stereocenters. The molecule has 2 aliphatic rings. The third kappa shape index (κ3) is 4.60. The molecule has 6 rings (SSSR count). The van der Waals surface area contributed by atoms with Crippen LogP contribution in [0.4, 0.5) is 8.78 Å². The fraction of sp³-hybridized carbons (Fsp3) is 0.200. The molecule has 1 saturated heterocycles. The maximum atomic E-state index is 16.8. The van der Waals surface area contributed by atoms with Crippen molar-refractivity contribution in [1.82, 2.24) is 0 Å². The number of hydrogen-bond acceptors (Lipinski definition) is 0. The predicted octanol–water partition coefficient (Wildman–Crippen LogP) is 8.22. The fourth-order valence-corrected chi connectivity index (χ4v) is 11.7. The first-order valence-corrected chi connectivity index (χ1v) is 16.0. The molecule has 0 saturated carbocycles. The van der Waals surface area contributed by atoms with Gasteiger partial charge in [-0.25, -0.2) is 8.78 Å². The van der Waals surface area contributed by atoms with E-state index in [2.05, 4.69) is 66.7 Å². The highest BCUT2D eigenvalue weighted by Gasteiger charge is 2.42. The van der Waals surface area contributed by atoms with E-state index in [1.807, 2.05) is 42.5 Å². The van der Waals surface area contributed by atoms with Crippen LogP contribution < -0.4 is 10.4 Å². The van der Waals surface area contributed by atoms with Gasteiger partial charge in [0.15, 0.2) is 5.67 Å². The average molecular weight is 519 g/mol. The van der Waals surface area contributed by atoms with E-state index >= 15 is 4.39 Å². The quantitative estimate of drug-likeness (QED) is 0.234. The van der Waals surface area contributed by atoms with E-state index in [1.165, 1.54) is 22.5 Å². The Labute approximate surface area is 225 Å². The molecule has 0 amide bonds. The normalized spacial score (nSPS) is 21.2. The van der Waals surface area contributed by atoms with E-state index < -0.39 is 13.7 Å². The third-order valence-corrected chi connectivity index (χ3v) is 13.8. The highest BCUT2D eigenvalue weighted by atomic mass is 28.3. The molecule has 38 heavy (non-hydrogen) atoms. The van der Waals surface area contributed by atoms with Crippen molar-refractivity contribution in [3.8, 4) is 11.1 Å². The van der Waals surface area contributed by atoms with Gasteiger partial charge in [0.25, 0.3) is 0 Å². The Morgan fingerprint density at radius 2 is 1.34 bits per heavy atom. The highest BCUT2D eigenvalue weighted by Crippen LogP contribution is 2.45. The lowest BCUT2D eigenvalue weighted by atomic mass is 9.79. The maximum Gasteiger partial charge on any atom is 0.158 e. The number of benzene rings is 4. The molecule has 4 aromatic rings. The molecule has 1 aliphatic heterocycles. The van der Waals surface area contributed by atoms with Crippen LogP contribution in [-0.4, -0.2) is 8.07 Å². The Kier molecular flexibility index (Phi) is 6.71. The third-order valence-electron chi connectivity index (χ3n) is 8.59. The van der Waals surface area contributed by atoms with Crippen molar-refractivity contribution in [2.24, 2.45) is 5.92 Å². The molecule has 0 radical (unpaired) electrons. The van der Waals surface area contributed by atoms with Gasteiger partial charge in [-0.15, -0.1) is 0 Å². The largest absolute Gasteiger partial charge is 0.234 e. The SMILES string of the molecule is Fc1cccc(-c2ccccc2C2(F)C=C(C3CC[Si](c4ccccc4)(c4ccccc4)CC3)C=CC2)c1. The van der Waals surface area contributed by atoms with E-state index in [1.54, 1.807) is 6.07 Å². The van der Waals surface area contributed by atoms with E-state index in [0.717, 1.165) is 36.1 Å². The van der Waals surface area contributed by atoms with Crippen molar-refractivity contribution in [1.29, 1.82) is 0 Å². The zero-order valence-electron chi connectivity index (χ0n) is 21.5. The Morgan fingerprint density at radius 3 is 2.00 bits per heavy atom. The van der Waals surface area contributed by atoms with Gasteiger partial charge in [-0.1, -0.05) is 120 Å². The zero-order chi connectivity index (χ0) is 26.0. The Hall–Kier alpha value is -3.56. The standard InChI is InChI=1S/C35H32F2Si/c36-30-13-9-11-28(25-30)33-18-7-8-19-34(33)35(37)22-10-12-29(26-35)27-20-23-38(24-21-27,31-14-3-1-4-15-31)32-16-5-2-6-17-32/h1-19,25-27H,20-24H2. The summed E-state index contributed by atoms with van der Waals surface area (Å²) >= 11 is 0. The summed E-state index contributed by atoms with van der Waals surface area (Å²) in [5, 5.41) is 3.00. The topological polar surface area (TPSA) is 0 Å². The van der Waals surface area contributed by atoms with Crippen LogP contribution in [0, 0.1) is 11.7 Å². The van der Waals surface area contributed by atoms with Crippen LogP contribution in [0.2, 0.25) is 12.1 Å². The molecule has 0 N–H and O–H groups in total. The van der Waals surface area contributed by atoms with E-state index in [0.29, 0.717) is 23.5 Å². The van der Waals surface area contributed by atoms with Gasteiger partial charge in [0, 0.05) is 12.0 Å². The molecular weight excluding hydrogens is 486 g/mol. The molecule has 0 nitrogen and oxygen atoms in total. The van der Waals surface area contributed by atoms with Crippen LogP contribution in [0.25, 0.3) is 11.1 Å². The minimum Gasteiger partial charge on any atom is -0.234 e. The van der Waals surface area contributed by atoms with Crippen molar-refractivity contribution in [3.05, 3.63) is 144 Å². The van der Waals surface area contributed by atoms with Gasteiger partial charge in [-0.05, 0) is 65.8 Å². The van der Waals surface area contributed by atoms with Gasteiger partial charge in [-0.2, -0.15) is 0 Å². The van der Waals surface area contributed by atoms with Gasteiger partial charge < -0.3 is 0 Å².